The third-order valence-corrected chi connectivity index (χ3v) is 3.03. The summed E-state index contributed by atoms with van der Waals surface area (Å²) in [4.78, 5) is 10.6. The van der Waals surface area contributed by atoms with Crippen LogP contribution in [0.4, 0.5) is 0 Å². The molecular formula is C16H17NO2. The fraction of sp³-hybridized carbons (Fsp3) is 0.188. The van der Waals surface area contributed by atoms with Crippen molar-refractivity contribution in [2.45, 2.75) is 20.0 Å². The first-order valence-corrected chi connectivity index (χ1v) is 6.32. The lowest BCUT2D eigenvalue weighted by Crippen LogP contribution is -2.80. The number of benzene rings is 2. The van der Waals surface area contributed by atoms with E-state index in [1.54, 1.807) is 12.1 Å². The molecule has 0 heterocycles. The van der Waals surface area contributed by atoms with Gasteiger partial charge in [0.25, 0.3) is 0 Å². The zero-order chi connectivity index (χ0) is 13.7. The molecule has 0 aliphatic heterocycles. The molecule has 0 atom stereocenters. The fourth-order valence-corrected chi connectivity index (χ4v) is 2.02. The van der Waals surface area contributed by atoms with E-state index in [9.17, 15) is 9.90 Å². The Bertz CT molecular complexity index is 561. The van der Waals surface area contributed by atoms with Crippen LogP contribution in [0.5, 0.6) is 0 Å². The number of carbonyl (C=O) groups is 1. The van der Waals surface area contributed by atoms with Crippen LogP contribution < -0.4 is 10.4 Å². The number of aromatic carboxylic acids is 1. The molecule has 0 fully saturated rings. The van der Waals surface area contributed by atoms with Gasteiger partial charge in [-0.2, -0.15) is 0 Å². The Morgan fingerprint density at radius 3 is 2.37 bits per heavy atom. The molecule has 2 rings (SSSR count). The molecule has 2 aromatic rings. The van der Waals surface area contributed by atoms with E-state index < -0.39 is 5.97 Å². The number of hydrogen-bond acceptors (Lipinski definition) is 2. The minimum Gasteiger partial charge on any atom is -0.545 e. The normalized spacial score (nSPS) is 10.4. The largest absolute Gasteiger partial charge is 0.545 e. The van der Waals surface area contributed by atoms with Gasteiger partial charge in [-0.3, -0.25) is 0 Å². The van der Waals surface area contributed by atoms with Crippen molar-refractivity contribution < 1.29 is 15.2 Å². The number of rotatable bonds is 5. The summed E-state index contributed by atoms with van der Waals surface area (Å²) in [7, 11) is 0. The van der Waals surface area contributed by atoms with Gasteiger partial charge in [0.2, 0.25) is 0 Å². The van der Waals surface area contributed by atoms with Crippen LogP contribution in [0, 0.1) is 6.92 Å². The Hall–Kier alpha value is -2.13. The predicted octanol–water partition coefficient (Wildman–Crippen LogP) is 0.622. The van der Waals surface area contributed by atoms with Crippen LogP contribution in [0.2, 0.25) is 0 Å². The van der Waals surface area contributed by atoms with Gasteiger partial charge in [-0.25, -0.2) is 0 Å². The van der Waals surface area contributed by atoms with Crippen LogP contribution in [-0.4, -0.2) is 5.97 Å². The molecule has 19 heavy (non-hydrogen) atoms. The van der Waals surface area contributed by atoms with E-state index in [2.05, 4.69) is 36.5 Å². The van der Waals surface area contributed by atoms with Crippen LogP contribution in [-0.2, 0) is 13.1 Å². The quantitative estimate of drug-likeness (QED) is 0.851. The molecule has 0 unspecified atom stereocenters. The number of carboxylic acid groups (broad SMARTS) is 1. The summed E-state index contributed by atoms with van der Waals surface area (Å²) >= 11 is 0. The van der Waals surface area contributed by atoms with Crippen LogP contribution in [0.3, 0.4) is 0 Å². The summed E-state index contributed by atoms with van der Waals surface area (Å²) in [6, 6.07) is 15.3. The van der Waals surface area contributed by atoms with Gasteiger partial charge in [0, 0.05) is 11.1 Å². The second-order valence-corrected chi connectivity index (χ2v) is 4.67. The van der Waals surface area contributed by atoms with Gasteiger partial charge in [0.1, 0.15) is 13.1 Å². The maximum absolute atomic E-state index is 10.6. The highest BCUT2D eigenvalue weighted by Crippen LogP contribution is 2.03. The van der Waals surface area contributed by atoms with Crippen molar-refractivity contribution in [3.63, 3.8) is 0 Å². The second-order valence-electron chi connectivity index (χ2n) is 4.67. The molecule has 0 saturated heterocycles. The fourth-order valence-electron chi connectivity index (χ4n) is 2.02. The molecule has 2 N–H and O–H groups in total. The smallest absolute Gasteiger partial charge is 0.101 e. The lowest BCUT2D eigenvalue weighted by molar-refractivity contribution is -0.686. The molecule has 0 aromatic heterocycles. The third-order valence-electron chi connectivity index (χ3n) is 3.03. The monoisotopic (exact) mass is 255 g/mol. The lowest BCUT2D eigenvalue weighted by Gasteiger charge is -2.05. The van der Waals surface area contributed by atoms with E-state index >= 15 is 0 Å². The highest BCUT2D eigenvalue weighted by atomic mass is 16.4. The summed E-state index contributed by atoms with van der Waals surface area (Å²) < 4.78 is 0. The van der Waals surface area contributed by atoms with E-state index in [0.717, 1.165) is 18.7 Å². The molecule has 0 saturated carbocycles. The Morgan fingerprint density at radius 1 is 1.05 bits per heavy atom. The van der Waals surface area contributed by atoms with Crippen molar-refractivity contribution in [3.05, 3.63) is 70.8 Å². The number of carboxylic acids is 1. The zero-order valence-corrected chi connectivity index (χ0v) is 10.9. The van der Waals surface area contributed by atoms with Gasteiger partial charge in [-0.15, -0.1) is 0 Å². The van der Waals surface area contributed by atoms with E-state index in [1.807, 2.05) is 12.1 Å². The Kier molecular flexibility index (Phi) is 4.31. The summed E-state index contributed by atoms with van der Waals surface area (Å²) in [5, 5.41) is 12.8. The SMILES string of the molecule is Cc1cccc(C[NH2+]Cc2ccc(C(=O)[O-])cc2)c1. The summed E-state index contributed by atoms with van der Waals surface area (Å²) in [5.74, 6) is -1.13. The molecule has 0 amide bonds. The van der Waals surface area contributed by atoms with E-state index in [-0.39, 0.29) is 5.56 Å². The maximum atomic E-state index is 10.6. The molecule has 0 spiro atoms. The van der Waals surface area contributed by atoms with E-state index in [4.69, 9.17) is 0 Å². The minimum atomic E-state index is -1.13. The van der Waals surface area contributed by atoms with Gasteiger partial charge < -0.3 is 15.2 Å². The summed E-state index contributed by atoms with van der Waals surface area (Å²) in [6.07, 6.45) is 0. The third kappa shape index (κ3) is 3.93. The van der Waals surface area contributed by atoms with Crippen LogP contribution in [0.25, 0.3) is 0 Å². The summed E-state index contributed by atoms with van der Waals surface area (Å²) in [5.41, 5.74) is 3.90. The van der Waals surface area contributed by atoms with Gasteiger partial charge in [-0.05, 0) is 12.5 Å². The standard InChI is InChI=1S/C16H17NO2/c1-12-3-2-4-14(9-12)11-17-10-13-5-7-15(8-6-13)16(18)19/h2-9,17H,10-11H2,1H3,(H,18,19). The van der Waals surface area contributed by atoms with Gasteiger partial charge in [0.15, 0.2) is 0 Å². The molecule has 3 nitrogen and oxygen atoms in total. The molecule has 0 aliphatic carbocycles. The van der Waals surface area contributed by atoms with E-state index in [1.165, 1.54) is 11.1 Å². The molecular weight excluding hydrogens is 238 g/mol. The average molecular weight is 255 g/mol. The number of nitrogens with two attached hydrogens (primary N) is 1. The maximum Gasteiger partial charge on any atom is 0.101 e. The van der Waals surface area contributed by atoms with Crippen molar-refractivity contribution in [1.82, 2.24) is 0 Å². The van der Waals surface area contributed by atoms with Crippen molar-refractivity contribution in [2.24, 2.45) is 0 Å². The zero-order valence-electron chi connectivity index (χ0n) is 10.9. The number of aryl methyl sites for hydroxylation is 1. The van der Waals surface area contributed by atoms with E-state index in [0.29, 0.717) is 0 Å². The summed E-state index contributed by atoms with van der Waals surface area (Å²) in [6.45, 7) is 3.84. The van der Waals surface area contributed by atoms with Crippen molar-refractivity contribution >= 4 is 5.97 Å². The van der Waals surface area contributed by atoms with Crippen LogP contribution in [0.15, 0.2) is 48.5 Å². The minimum absolute atomic E-state index is 0.224. The van der Waals surface area contributed by atoms with Crippen LogP contribution >= 0.6 is 0 Å². The molecule has 0 aliphatic rings. The van der Waals surface area contributed by atoms with Gasteiger partial charge in [0.05, 0.1) is 5.97 Å². The first-order valence-electron chi connectivity index (χ1n) is 6.32. The molecule has 98 valence electrons. The highest BCUT2D eigenvalue weighted by molar-refractivity contribution is 5.85. The predicted molar refractivity (Wildman–Crippen MR) is 71.3 cm³/mol. The first kappa shape index (κ1) is 13.3. The van der Waals surface area contributed by atoms with Gasteiger partial charge in [-0.1, -0.05) is 54.1 Å². The topological polar surface area (TPSA) is 56.7 Å². The van der Waals surface area contributed by atoms with Crippen molar-refractivity contribution in [3.8, 4) is 0 Å². The molecule has 3 heteroatoms. The number of quaternary nitrogens is 1. The molecule has 0 radical (unpaired) electrons. The molecule has 2 aromatic carbocycles. The van der Waals surface area contributed by atoms with Gasteiger partial charge >= 0.3 is 0 Å². The molecule has 0 bridgehead atoms. The first-order chi connectivity index (χ1) is 9.15. The number of hydrogen-bond donors (Lipinski definition) is 1. The Morgan fingerprint density at radius 2 is 1.74 bits per heavy atom. The van der Waals surface area contributed by atoms with Crippen molar-refractivity contribution in [2.75, 3.05) is 0 Å². The average Bonchev–Trinajstić information content (AvgIpc) is 2.39. The Labute approximate surface area is 112 Å². The number of carbonyl (C=O) groups excluding carboxylic acids is 1. The Balaban J connectivity index is 1.87. The lowest BCUT2D eigenvalue weighted by atomic mass is 10.1. The van der Waals surface area contributed by atoms with Crippen molar-refractivity contribution in [1.29, 1.82) is 0 Å². The van der Waals surface area contributed by atoms with Crippen LogP contribution in [0.1, 0.15) is 27.0 Å². The highest BCUT2D eigenvalue weighted by Gasteiger charge is 1.99. The second kappa shape index (κ2) is 6.16.